The number of aromatic nitrogens is 4. The predicted octanol–water partition coefficient (Wildman–Crippen LogP) is 4.37. The molecule has 0 saturated heterocycles. The van der Waals surface area contributed by atoms with Gasteiger partial charge in [-0.3, -0.25) is 4.79 Å². The van der Waals surface area contributed by atoms with E-state index >= 15 is 0 Å². The van der Waals surface area contributed by atoms with Crippen LogP contribution in [-0.2, 0) is 18.6 Å². The molecule has 3 aromatic heterocycles. The van der Waals surface area contributed by atoms with Crippen molar-refractivity contribution in [3.05, 3.63) is 26.6 Å². The molecular formula is C16H18N4OS4. The number of hydrogen-bond donors (Lipinski definition) is 1. The van der Waals surface area contributed by atoms with Gasteiger partial charge in [-0.2, -0.15) is 0 Å². The lowest BCUT2D eigenvalue weighted by molar-refractivity contribution is 0.509. The molecule has 0 bridgehead atoms. The van der Waals surface area contributed by atoms with Gasteiger partial charge in [0.25, 0.3) is 5.56 Å². The molecule has 132 valence electrons. The number of aromatic amines is 1. The largest absolute Gasteiger partial charge is 0.309 e. The molecule has 3 heterocycles. The van der Waals surface area contributed by atoms with E-state index in [1.807, 2.05) is 0 Å². The Balaban J connectivity index is 1.57. The van der Waals surface area contributed by atoms with Crippen LogP contribution in [0.4, 0.5) is 0 Å². The fourth-order valence-corrected chi connectivity index (χ4v) is 7.22. The Labute approximate surface area is 162 Å². The van der Waals surface area contributed by atoms with Crippen molar-refractivity contribution in [3.8, 4) is 0 Å². The summed E-state index contributed by atoms with van der Waals surface area (Å²) in [6.07, 6.45) is 3.23. The number of aryl methyl sites for hydroxylation is 1. The number of thiophene rings is 1. The van der Waals surface area contributed by atoms with E-state index in [2.05, 4.69) is 29.0 Å². The van der Waals surface area contributed by atoms with Crippen LogP contribution in [0.25, 0.3) is 10.2 Å². The molecule has 1 N–H and O–H groups in total. The number of nitrogens with one attached hydrogen (secondary N) is 1. The molecule has 5 nitrogen and oxygen atoms in total. The minimum absolute atomic E-state index is 0.00662. The predicted molar refractivity (Wildman–Crippen MR) is 107 cm³/mol. The molecule has 0 spiro atoms. The summed E-state index contributed by atoms with van der Waals surface area (Å²) >= 11 is 6.56. The number of rotatable bonds is 5. The third-order valence-corrected chi connectivity index (χ3v) is 8.43. The van der Waals surface area contributed by atoms with Crippen molar-refractivity contribution >= 4 is 56.4 Å². The molecule has 1 atom stereocenters. The average Bonchev–Trinajstić information content (AvgIpc) is 3.16. The van der Waals surface area contributed by atoms with Gasteiger partial charge in [0, 0.05) is 4.88 Å². The first-order valence-corrected chi connectivity index (χ1v) is 11.9. The Hall–Kier alpha value is -0.900. The Bertz CT molecular complexity index is 961. The number of nitrogens with zero attached hydrogens (tertiary/aromatic N) is 3. The first kappa shape index (κ1) is 17.5. The molecule has 0 radical (unpaired) electrons. The highest BCUT2D eigenvalue weighted by atomic mass is 32.2. The van der Waals surface area contributed by atoms with Crippen molar-refractivity contribution in [1.82, 2.24) is 20.2 Å². The van der Waals surface area contributed by atoms with Gasteiger partial charge in [0.1, 0.15) is 10.7 Å². The van der Waals surface area contributed by atoms with E-state index in [9.17, 15) is 4.79 Å². The molecular weight excluding hydrogens is 392 g/mol. The van der Waals surface area contributed by atoms with Crippen LogP contribution in [0, 0.1) is 5.92 Å². The second kappa shape index (κ2) is 7.38. The van der Waals surface area contributed by atoms with Crippen LogP contribution >= 0.6 is 46.2 Å². The van der Waals surface area contributed by atoms with Crippen molar-refractivity contribution in [2.75, 3.05) is 5.75 Å². The van der Waals surface area contributed by atoms with Crippen molar-refractivity contribution in [3.63, 3.8) is 0 Å². The van der Waals surface area contributed by atoms with Crippen molar-refractivity contribution < 1.29 is 0 Å². The van der Waals surface area contributed by atoms with E-state index in [0.717, 1.165) is 43.9 Å². The quantitative estimate of drug-likeness (QED) is 0.630. The summed E-state index contributed by atoms with van der Waals surface area (Å²) in [7, 11) is 0. The molecule has 0 unspecified atom stereocenters. The van der Waals surface area contributed by atoms with Crippen molar-refractivity contribution in [2.45, 2.75) is 47.5 Å². The maximum atomic E-state index is 12.6. The second-order valence-electron chi connectivity index (χ2n) is 6.10. The van der Waals surface area contributed by atoms with Crippen molar-refractivity contribution in [2.24, 2.45) is 5.92 Å². The highest BCUT2D eigenvalue weighted by Crippen LogP contribution is 2.36. The second-order valence-corrected chi connectivity index (χ2v) is 10.9. The number of thioether (sulfide) groups is 2. The molecule has 0 amide bonds. The minimum Gasteiger partial charge on any atom is -0.309 e. The van der Waals surface area contributed by atoms with Gasteiger partial charge in [0.05, 0.1) is 11.1 Å². The Morgan fingerprint density at radius 3 is 2.84 bits per heavy atom. The molecule has 0 saturated carbocycles. The third kappa shape index (κ3) is 3.65. The lowest BCUT2D eigenvalue weighted by Gasteiger charge is -2.17. The Kier molecular flexibility index (Phi) is 5.17. The number of fused-ring (bicyclic) bond motifs is 3. The monoisotopic (exact) mass is 410 g/mol. The summed E-state index contributed by atoms with van der Waals surface area (Å²) in [5, 5.41) is 9.16. The van der Waals surface area contributed by atoms with Crippen LogP contribution in [0.3, 0.4) is 0 Å². The fraction of sp³-hybridized carbons (Fsp3) is 0.500. The van der Waals surface area contributed by atoms with Gasteiger partial charge in [0.15, 0.2) is 8.68 Å². The van der Waals surface area contributed by atoms with Crippen LogP contribution in [0.5, 0.6) is 0 Å². The molecule has 4 rings (SSSR count). The molecule has 0 aromatic carbocycles. The van der Waals surface area contributed by atoms with E-state index in [4.69, 9.17) is 4.98 Å². The first-order valence-electron chi connectivity index (χ1n) is 8.26. The molecule has 1 aliphatic carbocycles. The van der Waals surface area contributed by atoms with Crippen LogP contribution in [0.2, 0.25) is 0 Å². The van der Waals surface area contributed by atoms with Gasteiger partial charge in [-0.25, -0.2) is 4.98 Å². The van der Waals surface area contributed by atoms with E-state index in [0.29, 0.717) is 17.5 Å². The lowest BCUT2D eigenvalue weighted by atomic mass is 9.89. The van der Waals surface area contributed by atoms with E-state index in [1.165, 1.54) is 10.4 Å². The maximum Gasteiger partial charge on any atom is 0.259 e. The number of hydrogen-bond acceptors (Lipinski definition) is 8. The zero-order valence-corrected chi connectivity index (χ0v) is 17.3. The normalized spacial score (nSPS) is 17.1. The Morgan fingerprint density at radius 1 is 1.24 bits per heavy atom. The smallest absolute Gasteiger partial charge is 0.259 e. The summed E-state index contributed by atoms with van der Waals surface area (Å²) in [5.74, 6) is 3.01. The van der Waals surface area contributed by atoms with E-state index in [-0.39, 0.29) is 5.56 Å². The molecule has 0 fully saturated rings. The van der Waals surface area contributed by atoms with Gasteiger partial charge in [-0.15, -0.1) is 21.5 Å². The van der Waals surface area contributed by atoms with Crippen LogP contribution in [0.15, 0.2) is 13.5 Å². The minimum atomic E-state index is 0.00662. The van der Waals surface area contributed by atoms with Gasteiger partial charge >= 0.3 is 0 Å². The topological polar surface area (TPSA) is 71.5 Å². The molecule has 1 aliphatic rings. The standard InChI is InChI=1S/C16H18N4OS4/c1-3-22-15-19-20-16(25-15)23-7-11-17-13(21)12-9-5-4-8(2)6-10(9)24-14(12)18-11/h8H,3-7H2,1-2H3,(H,17,18,21)/t8-/m1/s1. The van der Waals surface area contributed by atoms with E-state index in [1.54, 1.807) is 46.2 Å². The summed E-state index contributed by atoms with van der Waals surface area (Å²) in [6, 6.07) is 0. The maximum absolute atomic E-state index is 12.6. The molecule has 25 heavy (non-hydrogen) atoms. The van der Waals surface area contributed by atoms with Crippen LogP contribution in [0.1, 0.15) is 36.5 Å². The highest BCUT2D eigenvalue weighted by Gasteiger charge is 2.23. The fourth-order valence-electron chi connectivity index (χ4n) is 3.03. The summed E-state index contributed by atoms with van der Waals surface area (Å²) < 4.78 is 1.90. The van der Waals surface area contributed by atoms with Crippen molar-refractivity contribution in [1.29, 1.82) is 0 Å². The van der Waals surface area contributed by atoms with Gasteiger partial charge in [0.2, 0.25) is 0 Å². The third-order valence-electron chi connectivity index (χ3n) is 4.20. The zero-order valence-electron chi connectivity index (χ0n) is 14.0. The summed E-state index contributed by atoms with van der Waals surface area (Å²) in [4.78, 5) is 22.5. The summed E-state index contributed by atoms with van der Waals surface area (Å²) in [6.45, 7) is 4.38. The number of H-pyrrole nitrogens is 1. The Morgan fingerprint density at radius 2 is 2.04 bits per heavy atom. The highest BCUT2D eigenvalue weighted by molar-refractivity contribution is 8.02. The molecule has 9 heteroatoms. The SMILES string of the molecule is CCSc1nnc(SCc2nc3sc4c(c3c(=O)[nH]2)CC[C@@H](C)C4)s1. The zero-order chi connectivity index (χ0) is 17.4. The van der Waals surface area contributed by atoms with Gasteiger partial charge in [-0.1, -0.05) is 48.7 Å². The molecule has 0 aliphatic heterocycles. The van der Waals surface area contributed by atoms with Crippen LogP contribution in [-0.4, -0.2) is 25.9 Å². The van der Waals surface area contributed by atoms with Gasteiger partial charge < -0.3 is 4.98 Å². The van der Waals surface area contributed by atoms with Crippen LogP contribution < -0.4 is 5.56 Å². The molecule has 3 aromatic rings. The summed E-state index contributed by atoms with van der Waals surface area (Å²) in [5.41, 5.74) is 1.24. The first-order chi connectivity index (χ1) is 12.1. The lowest BCUT2D eigenvalue weighted by Crippen LogP contribution is -2.14. The average molecular weight is 411 g/mol. The van der Waals surface area contributed by atoms with Gasteiger partial charge in [-0.05, 0) is 36.5 Å². The van der Waals surface area contributed by atoms with E-state index < -0.39 is 0 Å².